The van der Waals surface area contributed by atoms with Crippen molar-refractivity contribution >= 4 is 38.4 Å². The first-order valence-corrected chi connectivity index (χ1v) is 12.3. The smallest absolute Gasteiger partial charge is 0.146 e. The summed E-state index contributed by atoms with van der Waals surface area (Å²) in [7, 11) is 0. The Morgan fingerprint density at radius 2 is 1.17 bits per heavy atom. The highest BCUT2D eigenvalue weighted by atomic mass is 15.0. The molecule has 35 heavy (non-hydrogen) atoms. The maximum Gasteiger partial charge on any atom is 0.146 e. The van der Waals surface area contributed by atoms with Gasteiger partial charge < -0.3 is 0 Å². The molecule has 162 valence electrons. The zero-order valence-electron chi connectivity index (χ0n) is 19.0. The summed E-state index contributed by atoms with van der Waals surface area (Å²) in [5, 5.41) is 3.94. The molecule has 0 atom stereocenters. The van der Waals surface area contributed by atoms with Gasteiger partial charge in [-0.2, -0.15) is 0 Å². The number of hydrogen-bond donors (Lipinski definition) is 0. The summed E-state index contributed by atoms with van der Waals surface area (Å²) < 4.78 is 2.46. The van der Waals surface area contributed by atoms with Crippen LogP contribution in [0.2, 0.25) is 0 Å². The van der Waals surface area contributed by atoms with Gasteiger partial charge in [-0.25, -0.2) is 4.98 Å². The van der Waals surface area contributed by atoms with E-state index >= 15 is 0 Å². The number of benzene rings is 5. The Hall–Kier alpha value is -4.43. The van der Waals surface area contributed by atoms with Crippen molar-refractivity contribution in [2.24, 2.45) is 0 Å². The molecule has 0 fully saturated rings. The maximum absolute atomic E-state index is 5.27. The van der Waals surface area contributed by atoms with E-state index in [1.54, 1.807) is 0 Å². The normalized spacial score (nSPS) is 13.5. The van der Waals surface area contributed by atoms with Crippen molar-refractivity contribution in [1.29, 1.82) is 0 Å². The molecule has 9 rings (SSSR count). The minimum atomic E-state index is 0.962. The number of pyridine rings is 1. The quantitative estimate of drug-likeness (QED) is 0.217. The lowest BCUT2D eigenvalue weighted by Crippen LogP contribution is -1.98. The second-order valence-electron chi connectivity index (χ2n) is 9.93. The summed E-state index contributed by atoms with van der Waals surface area (Å²) in [6, 6.07) is 35.7. The Kier molecular flexibility index (Phi) is 3.16. The first-order valence-electron chi connectivity index (χ1n) is 12.3. The van der Waals surface area contributed by atoms with Gasteiger partial charge in [0.05, 0.1) is 16.6 Å². The standard InChI is InChI=1S/C33H20N2/c1-3-9-21-19(7-1)17-27-23(21)13-15-25-26-16-14-24-22-10-4-2-8-20(22)18-28(24)32(26)35-30-12-6-5-11-29(30)34-33(35)31(25)27/h1-16H,17-18H2. The van der Waals surface area contributed by atoms with E-state index in [-0.39, 0.29) is 0 Å². The number of aromatic nitrogens is 2. The molecule has 2 aliphatic carbocycles. The largest absolute Gasteiger partial charge is 0.291 e. The molecule has 2 heteroatoms. The van der Waals surface area contributed by atoms with Crippen LogP contribution in [0.4, 0.5) is 0 Å². The van der Waals surface area contributed by atoms with Crippen LogP contribution in [0, 0.1) is 0 Å². The van der Waals surface area contributed by atoms with Crippen molar-refractivity contribution in [2.45, 2.75) is 12.8 Å². The number of rotatable bonds is 0. The van der Waals surface area contributed by atoms with Crippen LogP contribution in [-0.2, 0) is 12.8 Å². The molecular formula is C33H20N2. The van der Waals surface area contributed by atoms with Crippen molar-refractivity contribution in [3.8, 4) is 22.3 Å². The van der Waals surface area contributed by atoms with Gasteiger partial charge in [0, 0.05) is 17.2 Å². The van der Waals surface area contributed by atoms with Gasteiger partial charge >= 0.3 is 0 Å². The fourth-order valence-electron chi connectivity index (χ4n) is 6.78. The zero-order chi connectivity index (χ0) is 22.7. The Bertz CT molecular complexity index is 2060. The van der Waals surface area contributed by atoms with E-state index in [9.17, 15) is 0 Å². The highest BCUT2D eigenvalue weighted by Gasteiger charge is 2.27. The molecule has 0 bridgehead atoms. The van der Waals surface area contributed by atoms with Crippen LogP contribution in [-0.4, -0.2) is 9.38 Å². The number of para-hydroxylation sites is 2. The minimum absolute atomic E-state index is 0.962. The van der Waals surface area contributed by atoms with Crippen LogP contribution in [0.3, 0.4) is 0 Å². The van der Waals surface area contributed by atoms with Gasteiger partial charge in [0.15, 0.2) is 0 Å². The molecule has 2 aromatic heterocycles. The molecule has 2 heterocycles. The zero-order valence-corrected chi connectivity index (χ0v) is 19.0. The molecule has 0 saturated carbocycles. The molecule has 0 saturated heterocycles. The first kappa shape index (κ1) is 18.0. The molecule has 5 aromatic carbocycles. The predicted octanol–water partition coefficient (Wildman–Crippen LogP) is 7.94. The topological polar surface area (TPSA) is 17.3 Å². The molecule has 0 aliphatic heterocycles. The second kappa shape index (κ2) is 6.17. The number of fused-ring (bicyclic) bond motifs is 16. The van der Waals surface area contributed by atoms with E-state index in [0.717, 1.165) is 24.0 Å². The molecule has 7 aromatic rings. The lowest BCUT2D eigenvalue weighted by atomic mass is 9.94. The van der Waals surface area contributed by atoms with Crippen LogP contribution >= 0.6 is 0 Å². The summed E-state index contributed by atoms with van der Waals surface area (Å²) in [6.45, 7) is 0. The summed E-state index contributed by atoms with van der Waals surface area (Å²) in [6.07, 6.45) is 1.93. The monoisotopic (exact) mass is 444 g/mol. The van der Waals surface area contributed by atoms with Crippen LogP contribution < -0.4 is 0 Å². The Labute approximate surface area is 202 Å². The second-order valence-corrected chi connectivity index (χ2v) is 9.93. The average molecular weight is 445 g/mol. The molecule has 2 nitrogen and oxygen atoms in total. The molecule has 0 radical (unpaired) electrons. The lowest BCUT2D eigenvalue weighted by Gasteiger charge is -2.15. The third kappa shape index (κ3) is 2.14. The predicted molar refractivity (Wildman–Crippen MR) is 144 cm³/mol. The van der Waals surface area contributed by atoms with Gasteiger partial charge in [0.25, 0.3) is 0 Å². The number of imidazole rings is 1. The van der Waals surface area contributed by atoms with Gasteiger partial charge in [-0.15, -0.1) is 0 Å². The van der Waals surface area contributed by atoms with Gasteiger partial charge in [-0.3, -0.25) is 4.40 Å². The van der Waals surface area contributed by atoms with Gasteiger partial charge in [-0.1, -0.05) is 84.9 Å². The van der Waals surface area contributed by atoms with E-state index < -0.39 is 0 Å². The van der Waals surface area contributed by atoms with Crippen molar-refractivity contribution in [1.82, 2.24) is 9.38 Å². The fraction of sp³-hybridized carbons (Fsp3) is 0.0606. The molecule has 0 N–H and O–H groups in total. The van der Waals surface area contributed by atoms with E-state index in [1.807, 2.05) is 0 Å². The minimum Gasteiger partial charge on any atom is -0.291 e. The van der Waals surface area contributed by atoms with Crippen molar-refractivity contribution in [3.63, 3.8) is 0 Å². The number of nitrogens with zero attached hydrogens (tertiary/aromatic N) is 2. The third-order valence-electron chi connectivity index (χ3n) is 8.24. The van der Waals surface area contributed by atoms with Gasteiger partial charge in [0.2, 0.25) is 0 Å². The van der Waals surface area contributed by atoms with Crippen molar-refractivity contribution in [3.05, 3.63) is 119 Å². The van der Waals surface area contributed by atoms with E-state index in [0.29, 0.717) is 0 Å². The molecular weight excluding hydrogens is 424 g/mol. The van der Waals surface area contributed by atoms with E-state index in [4.69, 9.17) is 4.98 Å². The Morgan fingerprint density at radius 3 is 1.97 bits per heavy atom. The molecule has 2 aliphatic rings. The third-order valence-corrected chi connectivity index (χ3v) is 8.24. The van der Waals surface area contributed by atoms with Gasteiger partial charge in [-0.05, 0) is 68.4 Å². The van der Waals surface area contributed by atoms with Crippen LogP contribution in [0.5, 0.6) is 0 Å². The highest BCUT2D eigenvalue weighted by Crippen LogP contribution is 2.47. The highest BCUT2D eigenvalue weighted by molar-refractivity contribution is 6.18. The Balaban J connectivity index is 1.53. The number of hydrogen-bond acceptors (Lipinski definition) is 1. The lowest BCUT2D eigenvalue weighted by molar-refractivity contribution is 1.22. The molecule has 0 spiro atoms. The Morgan fingerprint density at radius 1 is 0.543 bits per heavy atom. The summed E-state index contributed by atoms with van der Waals surface area (Å²) in [5.74, 6) is 0. The van der Waals surface area contributed by atoms with Crippen LogP contribution in [0.15, 0.2) is 97.1 Å². The van der Waals surface area contributed by atoms with E-state index in [2.05, 4.69) is 101 Å². The van der Waals surface area contributed by atoms with Crippen molar-refractivity contribution in [2.75, 3.05) is 0 Å². The van der Waals surface area contributed by atoms with Gasteiger partial charge in [0.1, 0.15) is 5.65 Å². The summed E-state index contributed by atoms with van der Waals surface area (Å²) >= 11 is 0. The van der Waals surface area contributed by atoms with Crippen LogP contribution in [0.1, 0.15) is 22.3 Å². The summed E-state index contributed by atoms with van der Waals surface area (Å²) in [5.41, 5.74) is 15.7. The molecule has 0 unspecified atom stereocenters. The summed E-state index contributed by atoms with van der Waals surface area (Å²) in [4.78, 5) is 5.27. The van der Waals surface area contributed by atoms with Crippen LogP contribution in [0.25, 0.3) is 60.6 Å². The molecule has 0 amide bonds. The SMILES string of the molecule is c1ccc2c(c1)Cc1c-2ccc2c3ccc4c(c3n3c5ccccc5nc3c12)Cc1ccccc1-4. The average Bonchev–Trinajstić information content (AvgIpc) is 3.59. The van der Waals surface area contributed by atoms with E-state index in [1.165, 1.54) is 71.7 Å². The maximum atomic E-state index is 5.27. The first-order chi connectivity index (χ1) is 17.4. The fourth-order valence-corrected chi connectivity index (χ4v) is 6.78. The van der Waals surface area contributed by atoms with Crippen molar-refractivity contribution < 1.29 is 0 Å².